The van der Waals surface area contributed by atoms with Crippen LogP contribution in [0.1, 0.15) is 30.8 Å². The van der Waals surface area contributed by atoms with Crippen LogP contribution < -0.4 is 10.2 Å². The van der Waals surface area contributed by atoms with Crippen molar-refractivity contribution in [2.75, 3.05) is 5.43 Å². The van der Waals surface area contributed by atoms with Crippen molar-refractivity contribution in [3.63, 3.8) is 0 Å². The van der Waals surface area contributed by atoms with Gasteiger partial charge in [-0.1, -0.05) is 12.1 Å². The van der Waals surface area contributed by atoms with E-state index in [-0.39, 0.29) is 6.10 Å². The normalized spacial score (nSPS) is 10.8. The Bertz CT molecular complexity index is 507. The average Bonchev–Trinajstić information content (AvgIpc) is 2.68. The fraction of sp³-hybridized carbons (Fsp3) is 0.375. The van der Waals surface area contributed by atoms with Crippen molar-refractivity contribution < 1.29 is 4.74 Å². The first-order chi connectivity index (χ1) is 9.06. The first-order valence-corrected chi connectivity index (χ1v) is 6.70. The highest BCUT2D eigenvalue weighted by Crippen LogP contribution is 2.14. The third-order valence-corrected chi connectivity index (χ3v) is 3.01. The van der Waals surface area contributed by atoms with E-state index in [0.29, 0.717) is 0 Å². The molecule has 0 fully saturated rings. The second-order valence-electron chi connectivity index (χ2n) is 5.10. The Kier molecular flexibility index (Phi) is 4.15. The molecule has 19 heavy (non-hydrogen) atoms. The quantitative estimate of drug-likeness (QED) is 0.886. The fourth-order valence-electron chi connectivity index (χ4n) is 2.05. The van der Waals surface area contributed by atoms with E-state index in [2.05, 4.69) is 48.2 Å². The Morgan fingerprint density at radius 1 is 1.00 bits per heavy atom. The lowest BCUT2D eigenvalue weighted by molar-refractivity contribution is 0.242. The molecule has 1 aromatic carbocycles. The van der Waals surface area contributed by atoms with Crippen molar-refractivity contribution in [1.82, 2.24) is 4.68 Å². The number of rotatable bonds is 5. The maximum atomic E-state index is 5.63. The van der Waals surface area contributed by atoms with E-state index in [4.69, 9.17) is 4.74 Å². The van der Waals surface area contributed by atoms with Crippen molar-refractivity contribution in [3.8, 4) is 5.75 Å². The minimum Gasteiger partial charge on any atom is -0.491 e. The number of hydrogen-bond acceptors (Lipinski definition) is 2. The molecule has 0 unspecified atom stereocenters. The molecule has 0 radical (unpaired) electrons. The van der Waals surface area contributed by atoms with Crippen LogP contribution in [0.4, 0.5) is 0 Å². The summed E-state index contributed by atoms with van der Waals surface area (Å²) < 4.78 is 7.74. The van der Waals surface area contributed by atoms with Crippen LogP contribution in [0, 0.1) is 13.8 Å². The molecular weight excluding hydrogens is 236 g/mol. The van der Waals surface area contributed by atoms with Crippen molar-refractivity contribution in [2.24, 2.45) is 0 Å². The number of nitrogens with zero attached hydrogens (tertiary/aromatic N) is 1. The Balaban J connectivity index is 1.97. The molecule has 1 heterocycles. The maximum absolute atomic E-state index is 5.63. The molecule has 1 N–H and O–H groups in total. The zero-order chi connectivity index (χ0) is 13.8. The Morgan fingerprint density at radius 3 is 2.11 bits per heavy atom. The van der Waals surface area contributed by atoms with Gasteiger partial charge in [0, 0.05) is 11.4 Å². The van der Waals surface area contributed by atoms with E-state index in [1.807, 2.05) is 26.0 Å². The number of hydrogen-bond donors (Lipinski definition) is 1. The van der Waals surface area contributed by atoms with Crippen molar-refractivity contribution in [3.05, 3.63) is 53.3 Å². The van der Waals surface area contributed by atoms with Gasteiger partial charge in [0.2, 0.25) is 0 Å². The van der Waals surface area contributed by atoms with Crippen LogP contribution in [0.5, 0.6) is 5.75 Å². The van der Waals surface area contributed by atoms with Gasteiger partial charge in [0.05, 0.1) is 12.6 Å². The molecule has 0 amide bonds. The van der Waals surface area contributed by atoms with E-state index >= 15 is 0 Å². The fourth-order valence-corrected chi connectivity index (χ4v) is 2.05. The molecule has 102 valence electrons. The predicted octanol–water partition coefficient (Wildman–Crippen LogP) is 3.64. The number of nitrogens with one attached hydrogen (secondary N) is 1. The molecule has 0 aliphatic rings. The monoisotopic (exact) mass is 258 g/mol. The molecule has 3 heteroatoms. The lowest BCUT2D eigenvalue weighted by atomic mass is 10.2. The Morgan fingerprint density at radius 2 is 1.58 bits per heavy atom. The Hall–Kier alpha value is -1.90. The van der Waals surface area contributed by atoms with E-state index in [0.717, 1.165) is 12.3 Å². The molecule has 2 aromatic rings. The van der Waals surface area contributed by atoms with Crippen LogP contribution in [-0.2, 0) is 6.54 Å². The van der Waals surface area contributed by atoms with Crippen LogP contribution in [-0.4, -0.2) is 10.8 Å². The predicted molar refractivity (Wildman–Crippen MR) is 79.2 cm³/mol. The SMILES string of the molecule is Cc1ccc(C)n1NCc1ccc(OC(C)C)cc1. The van der Waals surface area contributed by atoms with Crippen molar-refractivity contribution in [1.29, 1.82) is 0 Å². The summed E-state index contributed by atoms with van der Waals surface area (Å²) in [4.78, 5) is 0. The van der Waals surface area contributed by atoms with E-state index in [1.54, 1.807) is 0 Å². The summed E-state index contributed by atoms with van der Waals surface area (Å²) in [7, 11) is 0. The minimum absolute atomic E-state index is 0.217. The second-order valence-corrected chi connectivity index (χ2v) is 5.10. The summed E-state index contributed by atoms with van der Waals surface area (Å²) in [5, 5.41) is 0. The summed E-state index contributed by atoms with van der Waals surface area (Å²) in [5.41, 5.74) is 7.09. The molecule has 0 aliphatic heterocycles. The van der Waals surface area contributed by atoms with Gasteiger partial charge in [-0.25, -0.2) is 0 Å². The van der Waals surface area contributed by atoms with Gasteiger partial charge in [-0.2, -0.15) is 0 Å². The first kappa shape index (κ1) is 13.5. The van der Waals surface area contributed by atoms with Gasteiger partial charge in [0.15, 0.2) is 0 Å². The molecule has 0 spiro atoms. The molecular formula is C16H22N2O. The number of ether oxygens (including phenoxy) is 1. The van der Waals surface area contributed by atoms with Gasteiger partial charge in [-0.05, 0) is 57.5 Å². The highest BCUT2D eigenvalue weighted by Gasteiger charge is 2.01. The summed E-state index contributed by atoms with van der Waals surface area (Å²) in [6.45, 7) is 9.07. The highest BCUT2D eigenvalue weighted by atomic mass is 16.5. The molecule has 1 aromatic heterocycles. The van der Waals surface area contributed by atoms with E-state index < -0.39 is 0 Å². The molecule has 0 aliphatic carbocycles. The molecule has 0 saturated carbocycles. The van der Waals surface area contributed by atoms with Gasteiger partial charge >= 0.3 is 0 Å². The zero-order valence-electron chi connectivity index (χ0n) is 12.1. The molecule has 2 rings (SSSR count). The molecule has 0 bridgehead atoms. The first-order valence-electron chi connectivity index (χ1n) is 6.70. The highest BCUT2D eigenvalue weighted by molar-refractivity contribution is 5.28. The third kappa shape index (κ3) is 3.53. The van der Waals surface area contributed by atoms with Crippen LogP contribution in [0.2, 0.25) is 0 Å². The molecule has 0 atom stereocenters. The smallest absolute Gasteiger partial charge is 0.119 e. The van der Waals surface area contributed by atoms with Gasteiger partial charge in [-0.3, -0.25) is 4.68 Å². The van der Waals surface area contributed by atoms with Crippen LogP contribution in [0.15, 0.2) is 36.4 Å². The summed E-state index contributed by atoms with van der Waals surface area (Å²) in [5.74, 6) is 0.923. The topological polar surface area (TPSA) is 26.2 Å². The standard InChI is InChI=1S/C16H22N2O/c1-12(2)19-16-9-7-15(8-10-16)11-17-18-13(3)5-6-14(18)4/h5-10,12,17H,11H2,1-4H3. The summed E-state index contributed by atoms with van der Waals surface area (Å²) >= 11 is 0. The zero-order valence-corrected chi connectivity index (χ0v) is 12.1. The number of aromatic nitrogens is 1. The van der Waals surface area contributed by atoms with Crippen LogP contribution in [0.3, 0.4) is 0 Å². The van der Waals surface area contributed by atoms with Crippen molar-refractivity contribution in [2.45, 2.75) is 40.3 Å². The number of aryl methyl sites for hydroxylation is 2. The average molecular weight is 258 g/mol. The van der Waals surface area contributed by atoms with E-state index in [9.17, 15) is 0 Å². The lowest BCUT2D eigenvalue weighted by Gasteiger charge is -2.13. The van der Waals surface area contributed by atoms with E-state index in [1.165, 1.54) is 17.0 Å². The molecule has 3 nitrogen and oxygen atoms in total. The minimum atomic E-state index is 0.217. The summed E-state index contributed by atoms with van der Waals surface area (Å²) in [6, 6.07) is 12.5. The lowest BCUT2D eigenvalue weighted by Crippen LogP contribution is -2.16. The Labute approximate surface area is 115 Å². The second kappa shape index (κ2) is 5.83. The van der Waals surface area contributed by atoms with Crippen molar-refractivity contribution >= 4 is 0 Å². The van der Waals surface area contributed by atoms with Gasteiger partial charge in [-0.15, -0.1) is 0 Å². The largest absolute Gasteiger partial charge is 0.491 e. The molecule has 0 saturated heterocycles. The number of benzene rings is 1. The third-order valence-electron chi connectivity index (χ3n) is 3.01. The van der Waals surface area contributed by atoms with Gasteiger partial charge < -0.3 is 10.2 Å². The van der Waals surface area contributed by atoms with Crippen LogP contribution in [0.25, 0.3) is 0 Å². The van der Waals surface area contributed by atoms with Gasteiger partial charge in [0.1, 0.15) is 5.75 Å². The van der Waals surface area contributed by atoms with Gasteiger partial charge in [0.25, 0.3) is 0 Å². The van der Waals surface area contributed by atoms with Crippen LogP contribution >= 0.6 is 0 Å². The maximum Gasteiger partial charge on any atom is 0.119 e. The summed E-state index contributed by atoms with van der Waals surface area (Å²) in [6.07, 6.45) is 0.217.